The summed E-state index contributed by atoms with van der Waals surface area (Å²) in [7, 11) is 0. The minimum absolute atomic E-state index is 0.585. The molecule has 0 aliphatic rings. The summed E-state index contributed by atoms with van der Waals surface area (Å²) in [6.07, 6.45) is 5.10. The van der Waals surface area contributed by atoms with Gasteiger partial charge in [0.1, 0.15) is 0 Å². The highest BCUT2D eigenvalue weighted by Gasteiger charge is 2.13. The second kappa shape index (κ2) is 5.71. The Balaban J connectivity index is 2.29. The summed E-state index contributed by atoms with van der Waals surface area (Å²) in [5.41, 5.74) is 9.12. The van der Waals surface area contributed by atoms with Crippen molar-refractivity contribution in [2.24, 2.45) is 5.73 Å². The summed E-state index contributed by atoms with van der Waals surface area (Å²) in [6.45, 7) is 6.53. The molecule has 2 aromatic heterocycles. The molecule has 2 heterocycles. The van der Waals surface area contributed by atoms with Gasteiger partial charge in [0, 0.05) is 25.5 Å². The molecule has 0 aromatic carbocycles. The molecule has 0 fully saturated rings. The van der Waals surface area contributed by atoms with E-state index in [1.165, 1.54) is 5.69 Å². The van der Waals surface area contributed by atoms with Crippen molar-refractivity contribution in [3.63, 3.8) is 0 Å². The van der Waals surface area contributed by atoms with Crippen molar-refractivity contribution >= 4 is 15.9 Å². The minimum Gasteiger partial charge on any atom is -0.348 e. The van der Waals surface area contributed by atoms with Crippen LogP contribution in [0.3, 0.4) is 0 Å². The van der Waals surface area contributed by atoms with E-state index in [-0.39, 0.29) is 0 Å². The van der Waals surface area contributed by atoms with Gasteiger partial charge in [-0.3, -0.25) is 4.68 Å². The molecular formula is C13H19BrN4. The van der Waals surface area contributed by atoms with Gasteiger partial charge >= 0.3 is 0 Å². The maximum Gasteiger partial charge on any atom is 0.0767 e. The van der Waals surface area contributed by atoms with Crippen LogP contribution in [0.15, 0.2) is 22.9 Å². The number of nitrogens with two attached hydrogens (primary N) is 1. The number of hydrogen-bond acceptors (Lipinski definition) is 2. The highest BCUT2D eigenvalue weighted by Crippen LogP contribution is 2.23. The van der Waals surface area contributed by atoms with Crippen LogP contribution in [0.4, 0.5) is 0 Å². The average molecular weight is 311 g/mol. The second-order valence-corrected chi connectivity index (χ2v) is 5.07. The molecule has 0 atom stereocenters. The minimum atomic E-state index is 0.585. The van der Waals surface area contributed by atoms with Gasteiger partial charge in [0.05, 0.1) is 22.4 Å². The summed E-state index contributed by atoms with van der Waals surface area (Å²) in [4.78, 5) is 0. The summed E-state index contributed by atoms with van der Waals surface area (Å²) in [5.74, 6) is 0. The molecule has 0 saturated carbocycles. The topological polar surface area (TPSA) is 48.8 Å². The van der Waals surface area contributed by atoms with Crippen molar-refractivity contribution in [2.45, 2.75) is 39.9 Å². The normalized spacial score (nSPS) is 11.1. The lowest BCUT2D eigenvalue weighted by atomic mass is 10.3. The molecule has 0 aliphatic heterocycles. The average Bonchev–Trinajstić information content (AvgIpc) is 2.96. The Morgan fingerprint density at radius 3 is 2.72 bits per heavy atom. The SMILES string of the molecule is CCc1nn(CC)c(Cn2ccc(CN)c2)c1Br. The van der Waals surface area contributed by atoms with E-state index in [2.05, 4.69) is 62.6 Å². The third kappa shape index (κ3) is 2.52. The smallest absolute Gasteiger partial charge is 0.0767 e. The summed E-state index contributed by atoms with van der Waals surface area (Å²) in [6, 6.07) is 2.06. The van der Waals surface area contributed by atoms with Crippen LogP contribution in [0.5, 0.6) is 0 Å². The Kier molecular flexibility index (Phi) is 4.24. The van der Waals surface area contributed by atoms with Gasteiger partial charge in [-0.1, -0.05) is 6.92 Å². The molecule has 98 valence electrons. The van der Waals surface area contributed by atoms with E-state index in [4.69, 9.17) is 5.73 Å². The van der Waals surface area contributed by atoms with E-state index in [1.54, 1.807) is 0 Å². The van der Waals surface area contributed by atoms with Crippen LogP contribution >= 0.6 is 15.9 Å². The van der Waals surface area contributed by atoms with Crippen molar-refractivity contribution in [1.82, 2.24) is 14.3 Å². The van der Waals surface area contributed by atoms with Crippen LogP contribution in [0.1, 0.15) is 30.8 Å². The van der Waals surface area contributed by atoms with Gasteiger partial charge in [-0.25, -0.2) is 0 Å². The standard InChI is InChI=1S/C13H19BrN4/c1-3-11-13(14)12(18(4-2)16-11)9-17-6-5-10(7-15)8-17/h5-6,8H,3-4,7,9,15H2,1-2H3. The Morgan fingerprint density at radius 2 is 2.17 bits per heavy atom. The summed E-state index contributed by atoms with van der Waals surface area (Å²) >= 11 is 3.66. The molecule has 0 aliphatic carbocycles. The highest BCUT2D eigenvalue weighted by atomic mass is 79.9. The lowest BCUT2D eigenvalue weighted by molar-refractivity contribution is 0.594. The third-order valence-electron chi connectivity index (χ3n) is 3.07. The Hall–Kier alpha value is -1.07. The molecule has 0 amide bonds. The lowest BCUT2D eigenvalue weighted by Gasteiger charge is -2.06. The molecular weight excluding hydrogens is 292 g/mol. The van der Waals surface area contributed by atoms with E-state index >= 15 is 0 Å². The Morgan fingerprint density at radius 1 is 1.39 bits per heavy atom. The van der Waals surface area contributed by atoms with Gasteiger partial charge in [0.25, 0.3) is 0 Å². The van der Waals surface area contributed by atoms with Crippen molar-refractivity contribution in [3.05, 3.63) is 39.9 Å². The first-order valence-electron chi connectivity index (χ1n) is 6.28. The fraction of sp³-hybridized carbons (Fsp3) is 0.462. The van der Waals surface area contributed by atoms with Gasteiger partial charge in [0.15, 0.2) is 0 Å². The van der Waals surface area contributed by atoms with Crippen LogP contribution in [-0.4, -0.2) is 14.3 Å². The predicted molar refractivity (Wildman–Crippen MR) is 76.4 cm³/mol. The van der Waals surface area contributed by atoms with Crippen LogP contribution < -0.4 is 5.73 Å². The molecule has 2 N–H and O–H groups in total. The van der Waals surface area contributed by atoms with Crippen LogP contribution in [0.25, 0.3) is 0 Å². The number of aryl methyl sites for hydroxylation is 2. The molecule has 0 bridgehead atoms. The van der Waals surface area contributed by atoms with Crippen molar-refractivity contribution in [1.29, 1.82) is 0 Å². The zero-order valence-corrected chi connectivity index (χ0v) is 12.4. The van der Waals surface area contributed by atoms with Crippen LogP contribution in [0.2, 0.25) is 0 Å². The molecule has 4 nitrogen and oxygen atoms in total. The Labute approximate surface area is 116 Å². The van der Waals surface area contributed by atoms with Crippen LogP contribution in [-0.2, 0) is 26.1 Å². The zero-order chi connectivity index (χ0) is 13.1. The quantitative estimate of drug-likeness (QED) is 0.922. The van der Waals surface area contributed by atoms with Gasteiger partial charge in [-0.05, 0) is 40.9 Å². The van der Waals surface area contributed by atoms with Gasteiger partial charge in [-0.15, -0.1) is 0 Å². The zero-order valence-electron chi connectivity index (χ0n) is 10.9. The molecule has 0 radical (unpaired) electrons. The third-order valence-corrected chi connectivity index (χ3v) is 3.99. The number of halogens is 1. The molecule has 2 aromatic rings. The number of aromatic nitrogens is 3. The first kappa shape index (κ1) is 13.4. The van der Waals surface area contributed by atoms with E-state index in [9.17, 15) is 0 Å². The number of nitrogens with zero attached hydrogens (tertiary/aromatic N) is 3. The fourth-order valence-electron chi connectivity index (χ4n) is 2.05. The monoisotopic (exact) mass is 310 g/mol. The molecule has 18 heavy (non-hydrogen) atoms. The van der Waals surface area contributed by atoms with Gasteiger partial charge in [-0.2, -0.15) is 5.10 Å². The van der Waals surface area contributed by atoms with E-state index in [1.807, 2.05) is 0 Å². The summed E-state index contributed by atoms with van der Waals surface area (Å²) < 4.78 is 5.34. The predicted octanol–water partition coefficient (Wildman–Crippen LogP) is 2.54. The molecule has 0 saturated heterocycles. The molecule has 0 spiro atoms. The van der Waals surface area contributed by atoms with Crippen molar-refractivity contribution < 1.29 is 0 Å². The fourth-order valence-corrected chi connectivity index (χ4v) is 2.74. The van der Waals surface area contributed by atoms with Gasteiger partial charge in [0.2, 0.25) is 0 Å². The molecule has 0 unspecified atom stereocenters. The maximum absolute atomic E-state index is 5.63. The van der Waals surface area contributed by atoms with E-state index in [0.29, 0.717) is 6.54 Å². The van der Waals surface area contributed by atoms with Crippen molar-refractivity contribution in [2.75, 3.05) is 0 Å². The molecule has 2 rings (SSSR count). The second-order valence-electron chi connectivity index (χ2n) is 4.27. The van der Waals surface area contributed by atoms with Crippen molar-refractivity contribution in [3.8, 4) is 0 Å². The molecule has 5 heteroatoms. The van der Waals surface area contributed by atoms with Gasteiger partial charge < -0.3 is 10.3 Å². The van der Waals surface area contributed by atoms with E-state index in [0.717, 1.165) is 35.2 Å². The Bertz CT molecular complexity index is 527. The van der Waals surface area contributed by atoms with Crippen LogP contribution in [0, 0.1) is 0 Å². The first-order valence-corrected chi connectivity index (χ1v) is 7.07. The number of hydrogen-bond donors (Lipinski definition) is 1. The number of rotatable bonds is 5. The highest BCUT2D eigenvalue weighted by molar-refractivity contribution is 9.10. The first-order chi connectivity index (χ1) is 8.69. The summed E-state index contributed by atoms with van der Waals surface area (Å²) in [5, 5.41) is 4.60. The largest absolute Gasteiger partial charge is 0.348 e. The van der Waals surface area contributed by atoms with E-state index < -0.39 is 0 Å². The lowest BCUT2D eigenvalue weighted by Crippen LogP contribution is -2.07. The maximum atomic E-state index is 5.63.